The van der Waals surface area contributed by atoms with E-state index in [2.05, 4.69) is 5.10 Å². The highest BCUT2D eigenvalue weighted by atomic mass is 35.5. The zero-order chi connectivity index (χ0) is 15.0. The van der Waals surface area contributed by atoms with Crippen molar-refractivity contribution in [1.82, 2.24) is 9.78 Å². The normalized spacial score (nSPS) is 15.4. The van der Waals surface area contributed by atoms with Crippen LogP contribution < -0.4 is 5.73 Å². The van der Waals surface area contributed by atoms with Crippen molar-refractivity contribution in [1.29, 1.82) is 0 Å². The summed E-state index contributed by atoms with van der Waals surface area (Å²) in [5, 5.41) is 4.24. The number of rotatable bonds is 4. The molecule has 0 spiro atoms. The number of carbonyl (C=O) groups is 1. The van der Waals surface area contributed by atoms with Gasteiger partial charge >= 0.3 is 6.18 Å². The van der Waals surface area contributed by atoms with Crippen LogP contribution >= 0.6 is 11.6 Å². The average molecular weight is 298 g/mol. The third-order valence-electron chi connectivity index (χ3n) is 2.95. The number of alkyl halides is 3. The van der Waals surface area contributed by atoms with E-state index in [1.807, 2.05) is 0 Å². The standard InChI is InChI=1S/C11H15ClF3N3O/c1-4-18-7(9(12)6(2)17-18)5-8(19)10(3,16)11(13,14)15/h4-5,16H2,1-3H3. The van der Waals surface area contributed by atoms with E-state index in [1.165, 1.54) is 4.68 Å². The minimum absolute atomic E-state index is 0.202. The van der Waals surface area contributed by atoms with Gasteiger partial charge in [0.1, 0.15) is 0 Å². The molecule has 1 rings (SSSR count). The summed E-state index contributed by atoms with van der Waals surface area (Å²) in [6.07, 6.45) is -5.30. The second kappa shape index (κ2) is 5.13. The average Bonchev–Trinajstić information content (AvgIpc) is 2.55. The van der Waals surface area contributed by atoms with Crippen LogP contribution in [0.4, 0.5) is 13.2 Å². The van der Waals surface area contributed by atoms with Crippen molar-refractivity contribution in [3.05, 3.63) is 16.4 Å². The van der Waals surface area contributed by atoms with Crippen molar-refractivity contribution in [2.45, 2.75) is 45.5 Å². The van der Waals surface area contributed by atoms with Crippen molar-refractivity contribution >= 4 is 17.4 Å². The summed E-state index contributed by atoms with van der Waals surface area (Å²) in [5.74, 6) is -1.14. The van der Waals surface area contributed by atoms with Gasteiger partial charge in [-0.25, -0.2) is 0 Å². The Morgan fingerprint density at radius 3 is 2.42 bits per heavy atom. The van der Waals surface area contributed by atoms with Crippen molar-refractivity contribution in [3.8, 4) is 0 Å². The molecule has 0 aliphatic carbocycles. The summed E-state index contributed by atoms with van der Waals surface area (Å²) in [6, 6.07) is 0. The molecule has 4 nitrogen and oxygen atoms in total. The third kappa shape index (κ3) is 2.92. The fraction of sp³-hybridized carbons (Fsp3) is 0.636. The van der Waals surface area contributed by atoms with E-state index in [0.29, 0.717) is 19.2 Å². The van der Waals surface area contributed by atoms with E-state index in [1.54, 1.807) is 13.8 Å². The van der Waals surface area contributed by atoms with Crippen LogP contribution in [-0.2, 0) is 17.8 Å². The van der Waals surface area contributed by atoms with Crippen LogP contribution in [0.5, 0.6) is 0 Å². The first kappa shape index (κ1) is 16.0. The second-order valence-electron chi connectivity index (χ2n) is 4.46. The lowest BCUT2D eigenvalue weighted by Gasteiger charge is -2.26. The molecule has 1 aromatic heterocycles. The Bertz CT molecular complexity index is 494. The molecule has 0 aromatic carbocycles. The van der Waals surface area contributed by atoms with Gasteiger partial charge in [-0.2, -0.15) is 18.3 Å². The van der Waals surface area contributed by atoms with Gasteiger partial charge < -0.3 is 5.73 Å². The summed E-state index contributed by atoms with van der Waals surface area (Å²) in [7, 11) is 0. The van der Waals surface area contributed by atoms with E-state index >= 15 is 0 Å². The predicted octanol–water partition coefficient (Wildman–Crippen LogP) is 2.26. The molecule has 0 aliphatic rings. The first-order chi connectivity index (χ1) is 8.52. The van der Waals surface area contributed by atoms with Gasteiger partial charge in [-0.15, -0.1) is 0 Å². The van der Waals surface area contributed by atoms with Crippen LogP contribution in [0.3, 0.4) is 0 Å². The van der Waals surface area contributed by atoms with Crippen LogP contribution in [0.2, 0.25) is 5.02 Å². The first-order valence-corrected chi connectivity index (χ1v) is 6.00. The maximum absolute atomic E-state index is 12.7. The highest BCUT2D eigenvalue weighted by Gasteiger charge is 2.53. The maximum Gasteiger partial charge on any atom is 0.413 e. The number of nitrogens with zero attached hydrogens (tertiary/aromatic N) is 2. The number of halogens is 4. The molecule has 0 fully saturated rings. The molecule has 0 saturated carbocycles. The zero-order valence-electron chi connectivity index (χ0n) is 10.8. The summed E-state index contributed by atoms with van der Waals surface area (Å²) < 4.78 is 39.4. The number of hydrogen-bond acceptors (Lipinski definition) is 3. The minimum atomic E-state index is -4.80. The number of hydrogen-bond donors (Lipinski definition) is 1. The molecule has 108 valence electrons. The second-order valence-corrected chi connectivity index (χ2v) is 4.84. The molecule has 0 bridgehead atoms. The van der Waals surface area contributed by atoms with Crippen molar-refractivity contribution in [2.75, 3.05) is 0 Å². The molecule has 0 amide bonds. The molecule has 19 heavy (non-hydrogen) atoms. The molecule has 2 N–H and O–H groups in total. The fourth-order valence-corrected chi connectivity index (χ4v) is 1.73. The monoisotopic (exact) mass is 297 g/mol. The lowest BCUT2D eigenvalue weighted by atomic mass is 9.93. The van der Waals surface area contributed by atoms with Crippen molar-refractivity contribution in [2.24, 2.45) is 5.73 Å². The molecular formula is C11H15ClF3N3O. The van der Waals surface area contributed by atoms with E-state index in [-0.39, 0.29) is 10.7 Å². The summed E-state index contributed by atoms with van der Waals surface area (Å²) in [6.45, 7) is 4.43. The predicted molar refractivity (Wildman–Crippen MR) is 65.0 cm³/mol. The van der Waals surface area contributed by atoms with E-state index in [4.69, 9.17) is 17.3 Å². The van der Waals surface area contributed by atoms with Gasteiger partial charge in [0, 0.05) is 6.54 Å². The molecular weight excluding hydrogens is 283 g/mol. The van der Waals surface area contributed by atoms with E-state index in [0.717, 1.165) is 0 Å². The minimum Gasteiger partial charge on any atom is -0.312 e. The number of aromatic nitrogens is 2. The quantitative estimate of drug-likeness (QED) is 0.927. The zero-order valence-corrected chi connectivity index (χ0v) is 11.6. The summed E-state index contributed by atoms with van der Waals surface area (Å²) >= 11 is 5.94. The SMILES string of the molecule is CCn1nc(C)c(Cl)c1CC(=O)C(C)(N)C(F)(F)F. The number of carbonyl (C=O) groups excluding carboxylic acids is 1. The largest absolute Gasteiger partial charge is 0.413 e. The van der Waals surface area contributed by atoms with Gasteiger partial charge in [-0.05, 0) is 20.8 Å². The summed E-state index contributed by atoms with van der Waals surface area (Å²) in [4.78, 5) is 11.8. The number of ketones is 1. The molecule has 0 saturated heterocycles. The maximum atomic E-state index is 12.7. The Morgan fingerprint density at radius 1 is 1.47 bits per heavy atom. The lowest BCUT2D eigenvalue weighted by molar-refractivity contribution is -0.185. The number of Topliss-reactive ketones (excluding diaryl/α,β-unsaturated/α-hetero) is 1. The Hall–Kier alpha value is -1.08. The van der Waals surface area contributed by atoms with Gasteiger partial charge in [-0.3, -0.25) is 9.48 Å². The number of nitrogens with two attached hydrogens (primary N) is 1. The molecule has 1 unspecified atom stereocenters. The Balaban J connectivity index is 3.07. The summed E-state index contributed by atoms with van der Waals surface area (Å²) in [5.41, 5.74) is 2.92. The van der Waals surface area contributed by atoms with Crippen LogP contribution in [0.15, 0.2) is 0 Å². The highest BCUT2D eigenvalue weighted by Crippen LogP contribution is 2.31. The fourth-order valence-electron chi connectivity index (χ4n) is 1.53. The van der Waals surface area contributed by atoms with E-state index in [9.17, 15) is 18.0 Å². The molecule has 8 heteroatoms. The van der Waals surface area contributed by atoms with Gasteiger partial charge in [-0.1, -0.05) is 11.6 Å². The Kier molecular flexibility index (Phi) is 4.31. The molecule has 0 radical (unpaired) electrons. The molecule has 0 aliphatic heterocycles. The Morgan fingerprint density at radius 2 is 2.00 bits per heavy atom. The van der Waals surface area contributed by atoms with Crippen LogP contribution in [-0.4, -0.2) is 27.3 Å². The molecule has 1 aromatic rings. The third-order valence-corrected chi connectivity index (χ3v) is 3.44. The van der Waals surface area contributed by atoms with Gasteiger partial charge in [0.15, 0.2) is 11.3 Å². The highest BCUT2D eigenvalue weighted by molar-refractivity contribution is 6.32. The van der Waals surface area contributed by atoms with Crippen LogP contribution in [0, 0.1) is 6.92 Å². The first-order valence-electron chi connectivity index (χ1n) is 5.63. The Labute approximate surface area is 113 Å². The van der Waals surface area contributed by atoms with Crippen LogP contribution in [0.1, 0.15) is 25.2 Å². The van der Waals surface area contributed by atoms with Gasteiger partial charge in [0.25, 0.3) is 0 Å². The number of aryl methyl sites for hydroxylation is 2. The van der Waals surface area contributed by atoms with Gasteiger partial charge in [0.2, 0.25) is 0 Å². The van der Waals surface area contributed by atoms with Gasteiger partial charge in [0.05, 0.1) is 22.8 Å². The topological polar surface area (TPSA) is 60.9 Å². The molecule has 1 atom stereocenters. The van der Waals surface area contributed by atoms with Crippen LogP contribution in [0.25, 0.3) is 0 Å². The smallest absolute Gasteiger partial charge is 0.312 e. The van der Waals surface area contributed by atoms with Crippen molar-refractivity contribution < 1.29 is 18.0 Å². The molecule has 1 heterocycles. The van der Waals surface area contributed by atoms with Crippen molar-refractivity contribution in [3.63, 3.8) is 0 Å². The lowest BCUT2D eigenvalue weighted by Crippen LogP contribution is -2.57. The van der Waals surface area contributed by atoms with E-state index < -0.39 is 23.9 Å².